The first-order valence-electron chi connectivity index (χ1n) is 11.4. The minimum atomic E-state index is 0.114. The van der Waals surface area contributed by atoms with Gasteiger partial charge in [0.05, 0.1) is 10.7 Å². The van der Waals surface area contributed by atoms with Crippen LogP contribution < -0.4 is 4.90 Å². The minimum absolute atomic E-state index is 0.114. The maximum Gasteiger partial charge on any atom is 0.115 e. The molecule has 1 aliphatic heterocycles. The third-order valence-corrected chi connectivity index (χ3v) is 6.87. The van der Waals surface area contributed by atoms with E-state index in [0.717, 1.165) is 67.4 Å². The summed E-state index contributed by atoms with van der Waals surface area (Å²) in [5.74, 6) is 0.655. The zero-order valence-corrected chi connectivity index (χ0v) is 19.3. The molecule has 0 atom stereocenters. The number of rotatable bonds is 7. The molecular weight excluding hydrogens is 420 g/mol. The molecule has 0 aliphatic carbocycles. The lowest BCUT2D eigenvalue weighted by molar-refractivity contribution is 0.251. The van der Waals surface area contributed by atoms with Crippen molar-refractivity contribution in [3.8, 4) is 11.5 Å². The molecule has 3 aromatic carbocycles. The van der Waals surface area contributed by atoms with E-state index in [1.54, 1.807) is 12.1 Å². The number of anilines is 1. The lowest BCUT2D eigenvalue weighted by Crippen LogP contribution is -2.47. The van der Waals surface area contributed by atoms with Crippen molar-refractivity contribution >= 4 is 17.3 Å². The van der Waals surface area contributed by atoms with Crippen molar-refractivity contribution in [3.05, 3.63) is 88.4 Å². The number of piperazine rings is 1. The molecule has 4 rings (SSSR count). The maximum absolute atomic E-state index is 10.0. The summed E-state index contributed by atoms with van der Waals surface area (Å²) in [4.78, 5) is 4.88. The highest BCUT2D eigenvalue weighted by Crippen LogP contribution is 2.33. The summed E-state index contributed by atoms with van der Waals surface area (Å²) in [5.41, 5.74) is 4.48. The van der Waals surface area contributed by atoms with Crippen LogP contribution in [0.5, 0.6) is 11.5 Å². The number of hydrogen-bond donors (Lipinski definition) is 2. The quantitative estimate of drug-likeness (QED) is 0.487. The summed E-state index contributed by atoms with van der Waals surface area (Å²) in [6.07, 6.45) is 1.86. The van der Waals surface area contributed by atoms with Gasteiger partial charge < -0.3 is 15.1 Å². The van der Waals surface area contributed by atoms with E-state index in [1.807, 2.05) is 24.3 Å². The third-order valence-electron chi connectivity index (χ3n) is 6.43. The standard InChI is InChI=1S/C27H31ClN2O2/c1-2-20-6-5-11-26(27(20)28)30-16-14-29(15-17-30)13-12-25(21-7-3-9-23(31)18-21)22-8-4-10-24(32)19-22/h3-11,18-19,25,31-32H,2,12-17H2,1H3. The number of halogens is 1. The van der Waals surface area contributed by atoms with Crippen molar-refractivity contribution in [1.82, 2.24) is 4.90 Å². The van der Waals surface area contributed by atoms with Crippen LogP contribution in [-0.2, 0) is 6.42 Å². The fourth-order valence-corrected chi connectivity index (χ4v) is 5.00. The lowest BCUT2D eigenvalue weighted by atomic mass is 9.88. The molecule has 2 N–H and O–H groups in total. The number of hydrogen-bond acceptors (Lipinski definition) is 4. The first-order valence-corrected chi connectivity index (χ1v) is 11.8. The van der Waals surface area contributed by atoms with Gasteiger partial charge in [-0.1, -0.05) is 54.9 Å². The molecule has 0 radical (unpaired) electrons. The predicted octanol–water partition coefficient (Wildman–Crippen LogP) is 5.66. The molecule has 1 aliphatic rings. The van der Waals surface area contributed by atoms with Crippen LogP contribution >= 0.6 is 11.6 Å². The first kappa shape index (κ1) is 22.5. The number of phenolic OH excluding ortho intramolecular Hbond substituents is 2. The average molecular weight is 451 g/mol. The average Bonchev–Trinajstić information content (AvgIpc) is 2.80. The van der Waals surface area contributed by atoms with Gasteiger partial charge in [-0.05, 0) is 66.4 Å². The Morgan fingerprint density at radius 3 is 2.00 bits per heavy atom. The van der Waals surface area contributed by atoms with E-state index in [0.29, 0.717) is 0 Å². The molecule has 0 saturated carbocycles. The van der Waals surface area contributed by atoms with Crippen LogP contribution in [0.25, 0.3) is 0 Å². The van der Waals surface area contributed by atoms with Crippen molar-refractivity contribution in [2.24, 2.45) is 0 Å². The molecule has 168 valence electrons. The summed E-state index contributed by atoms with van der Waals surface area (Å²) in [7, 11) is 0. The fraction of sp³-hybridized carbons (Fsp3) is 0.333. The smallest absolute Gasteiger partial charge is 0.115 e. The van der Waals surface area contributed by atoms with Crippen LogP contribution in [0.15, 0.2) is 66.7 Å². The van der Waals surface area contributed by atoms with Gasteiger partial charge in [0.15, 0.2) is 0 Å². The molecule has 1 saturated heterocycles. The highest BCUT2D eigenvalue weighted by Gasteiger charge is 2.22. The van der Waals surface area contributed by atoms with Crippen molar-refractivity contribution in [2.45, 2.75) is 25.7 Å². The van der Waals surface area contributed by atoms with Gasteiger partial charge in [-0.15, -0.1) is 0 Å². The Bertz CT molecular complexity index is 1000. The monoisotopic (exact) mass is 450 g/mol. The van der Waals surface area contributed by atoms with Gasteiger partial charge in [0.25, 0.3) is 0 Å². The largest absolute Gasteiger partial charge is 0.508 e. The molecule has 4 nitrogen and oxygen atoms in total. The molecule has 5 heteroatoms. The molecule has 1 fully saturated rings. The zero-order valence-electron chi connectivity index (χ0n) is 18.5. The van der Waals surface area contributed by atoms with Crippen LogP contribution in [0.4, 0.5) is 5.69 Å². The van der Waals surface area contributed by atoms with Gasteiger partial charge in [-0.2, -0.15) is 0 Å². The van der Waals surface area contributed by atoms with E-state index < -0.39 is 0 Å². The van der Waals surface area contributed by atoms with E-state index in [1.165, 1.54) is 5.56 Å². The SMILES string of the molecule is CCc1cccc(N2CCN(CCC(c3cccc(O)c3)c3cccc(O)c3)CC2)c1Cl. The van der Waals surface area contributed by atoms with Crippen LogP contribution in [0.3, 0.4) is 0 Å². The molecule has 0 unspecified atom stereocenters. The molecule has 32 heavy (non-hydrogen) atoms. The Morgan fingerprint density at radius 2 is 1.44 bits per heavy atom. The predicted molar refractivity (Wildman–Crippen MR) is 132 cm³/mol. The second-order valence-corrected chi connectivity index (χ2v) is 8.84. The van der Waals surface area contributed by atoms with E-state index in [4.69, 9.17) is 11.6 Å². The van der Waals surface area contributed by atoms with Crippen molar-refractivity contribution < 1.29 is 10.2 Å². The normalized spacial score (nSPS) is 14.8. The van der Waals surface area contributed by atoms with Crippen LogP contribution in [0.2, 0.25) is 5.02 Å². The molecule has 3 aromatic rings. The summed E-state index contributed by atoms with van der Waals surface area (Å²) in [6, 6.07) is 21.2. The number of aromatic hydroxyl groups is 2. The van der Waals surface area contributed by atoms with E-state index in [-0.39, 0.29) is 17.4 Å². The number of nitrogens with zero attached hydrogens (tertiary/aromatic N) is 2. The molecule has 1 heterocycles. The highest BCUT2D eigenvalue weighted by atomic mass is 35.5. The topological polar surface area (TPSA) is 46.9 Å². The Balaban J connectivity index is 1.42. The zero-order chi connectivity index (χ0) is 22.5. The summed E-state index contributed by atoms with van der Waals surface area (Å²) >= 11 is 6.65. The van der Waals surface area contributed by atoms with Gasteiger partial charge in [0, 0.05) is 32.1 Å². The van der Waals surface area contributed by atoms with E-state index >= 15 is 0 Å². The molecular formula is C27H31ClN2O2. The molecule has 0 aromatic heterocycles. The summed E-state index contributed by atoms with van der Waals surface area (Å²) in [5, 5.41) is 20.9. The number of aryl methyl sites for hydroxylation is 1. The van der Waals surface area contributed by atoms with Crippen molar-refractivity contribution in [2.75, 3.05) is 37.6 Å². The molecule has 0 amide bonds. The maximum atomic E-state index is 10.0. The molecule has 0 spiro atoms. The van der Waals surface area contributed by atoms with Crippen LogP contribution in [-0.4, -0.2) is 47.8 Å². The van der Waals surface area contributed by atoms with Crippen molar-refractivity contribution in [1.29, 1.82) is 0 Å². The fourth-order valence-electron chi connectivity index (χ4n) is 4.62. The van der Waals surface area contributed by atoms with Gasteiger partial charge in [-0.25, -0.2) is 0 Å². The second-order valence-electron chi connectivity index (χ2n) is 8.46. The first-order chi connectivity index (χ1) is 15.5. The number of benzene rings is 3. The third kappa shape index (κ3) is 5.20. The van der Waals surface area contributed by atoms with Gasteiger partial charge in [0.1, 0.15) is 11.5 Å². The Labute approximate surface area is 195 Å². The lowest BCUT2D eigenvalue weighted by Gasteiger charge is -2.37. The van der Waals surface area contributed by atoms with Gasteiger partial charge in [-0.3, -0.25) is 4.90 Å². The van der Waals surface area contributed by atoms with Crippen LogP contribution in [0.1, 0.15) is 36.0 Å². The summed E-state index contributed by atoms with van der Waals surface area (Å²) in [6.45, 7) is 6.97. The van der Waals surface area contributed by atoms with Crippen LogP contribution in [0, 0.1) is 0 Å². The Morgan fingerprint density at radius 1 is 0.844 bits per heavy atom. The van der Waals surface area contributed by atoms with E-state index in [9.17, 15) is 10.2 Å². The number of phenols is 2. The van der Waals surface area contributed by atoms with Crippen molar-refractivity contribution in [3.63, 3.8) is 0 Å². The highest BCUT2D eigenvalue weighted by molar-refractivity contribution is 6.34. The van der Waals surface area contributed by atoms with Gasteiger partial charge >= 0.3 is 0 Å². The Kier molecular flexibility index (Phi) is 7.23. The Hall–Kier alpha value is -2.69. The van der Waals surface area contributed by atoms with Gasteiger partial charge in [0.2, 0.25) is 0 Å². The molecule has 0 bridgehead atoms. The second kappa shape index (κ2) is 10.3. The summed E-state index contributed by atoms with van der Waals surface area (Å²) < 4.78 is 0. The van der Waals surface area contributed by atoms with E-state index in [2.05, 4.69) is 47.1 Å². The minimum Gasteiger partial charge on any atom is -0.508 e.